The van der Waals surface area contributed by atoms with Crippen molar-refractivity contribution in [3.8, 4) is 0 Å². The molecule has 0 saturated heterocycles. The SMILES string of the molecule is NC(=S)Cc1ccc(S(=O)(=O)NCCn2cccn2)cc1. The van der Waals surface area contributed by atoms with Gasteiger partial charge in [-0.2, -0.15) is 5.10 Å². The van der Waals surface area contributed by atoms with Crippen molar-refractivity contribution in [2.75, 3.05) is 6.54 Å². The van der Waals surface area contributed by atoms with E-state index in [0.29, 0.717) is 18.0 Å². The highest BCUT2D eigenvalue weighted by atomic mass is 32.2. The van der Waals surface area contributed by atoms with Gasteiger partial charge in [0.05, 0.1) is 16.4 Å². The minimum absolute atomic E-state index is 0.217. The number of nitrogens with zero attached hydrogens (tertiary/aromatic N) is 2. The summed E-state index contributed by atoms with van der Waals surface area (Å²) in [6.45, 7) is 0.754. The number of nitrogens with two attached hydrogens (primary N) is 1. The summed E-state index contributed by atoms with van der Waals surface area (Å²) in [5, 5.41) is 4.01. The van der Waals surface area contributed by atoms with Gasteiger partial charge < -0.3 is 5.73 Å². The van der Waals surface area contributed by atoms with Gasteiger partial charge >= 0.3 is 0 Å². The Morgan fingerprint density at radius 1 is 1.33 bits per heavy atom. The van der Waals surface area contributed by atoms with Crippen molar-refractivity contribution in [2.24, 2.45) is 5.73 Å². The Morgan fingerprint density at radius 3 is 2.62 bits per heavy atom. The van der Waals surface area contributed by atoms with E-state index in [2.05, 4.69) is 9.82 Å². The molecule has 0 aliphatic heterocycles. The van der Waals surface area contributed by atoms with Crippen molar-refractivity contribution in [3.05, 3.63) is 48.3 Å². The van der Waals surface area contributed by atoms with Crippen LogP contribution in [0.3, 0.4) is 0 Å². The molecule has 21 heavy (non-hydrogen) atoms. The zero-order chi connectivity index (χ0) is 15.3. The molecule has 0 fully saturated rings. The van der Waals surface area contributed by atoms with Crippen LogP contribution in [0.2, 0.25) is 0 Å². The second-order valence-corrected chi connectivity index (χ2v) is 6.75. The van der Waals surface area contributed by atoms with Crippen molar-refractivity contribution in [1.82, 2.24) is 14.5 Å². The number of nitrogens with one attached hydrogen (secondary N) is 1. The van der Waals surface area contributed by atoms with Gasteiger partial charge in [-0.15, -0.1) is 0 Å². The summed E-state index contributed by atoms with van der Waals surface area (Å²) < 4.78 is 28.4. The molecule has 0 unspecified atom stereocenters. The standard InChI is InChI=1S/C13H16N4O2S2/c14-13(20)10-11-2-4-12(5-3-11)21(18,19)16-7-9-17-8-1-6-15-17/h1-6,8,16H,7,9-10H2,(H2,14,20). The number of rotatable bonds is 7. The van der Waals surface area contributed by atoms with Crippen LogP contribution >= 0.6 is 12.2 Å². The third kappa shape index (κ3) is 4.62. The predicted molar refractivity (Wildman–Crippen MR) is 84.3 cm³/mol. The zero-order valence-electron chi connectivity index (χ0n) is 11.3. The van der Waals surface area contributed by atoms with Gasteiger partial charge in [-0.1, -0.05) is 24.4 Å². The smallest absolute Gasteiger partial charge is 0.240 e. The molecule has 0 aliphatic rings. The van der Waals surface area contributed by atoms with Gasteiger partial charge in [0.2, 0.25) is 10.0 Å². The fourth-order valence-corrected chi connectivity index (χ4v) is 2.99. The number of hydrogen-bond acceptors (Lipinski definition) is 4. The normalized spacial score (nSPS) is 11.4. The first-order chi connectivity index (χ1) is 9.97. The number of thiocarbonyl (C=S) groups is 1. The van der Waals surface area contributed by atoms with Crippen molar-refractivity contribution in [1.29, 1.82) is 0 Å². The monoisotopic (exact) mass is 324 g/mol. The minimum atomic E-state index is -3.51. The first-order valence-electron chi connectivity index (χ1n) is 6.32. The summed E-state index contributed by atoms with van der Waals surface area (Å²) >= 11 is 4.82. The Morgan fingerprint density at radius 2 is 2.05 bits per heavy atom. The predicted octanol–water partition coefficient (Wildman–Crippen LogP) is 0.690. The molecule has 1 heterocycles. The maximum Gasteiger partial charge on any atom is 0.240 e. The van der Waals surface area contributed by atoms with E-state index < -0.39 is 10.0 Å². The van der Waals surface area contributed by atoms with Crippen LogP contribution in [0.15, 0.2) is 47.6 Å². The molecule has 0 spiro atoms. The van der Waals surface area contributed by atoms with Crippen LogP contribution in [-0.2, 0) is 23.0 Å². The Kier molecular flexibility index (Phi) is 5.05. The lowest BCUT2D eigenvalue weighted by atomic mass is 10.1. The molecule has 1 aromatic carbocycles. The molecule has 0 saturated carbocycles. The van der Waals surface area contributed by atoms with Crippen LogP contribution in [0.5, 0.6) is 0 Å². The third-order valence-corrected chi connectivity index (χ3v) is 4.43. The summed E-state index contributed by atoms with van der Waals surface area (Å²) in [5.41, 5.74) is 6.34. The summed E-state index contributed by atoms with van der Waals surface area (Å²) in [6, 6.07) is 8.30. The molecule has 8 heteroatoms. The van der Waals surface area contributed by atoms with Gasteiger partial charge in [-0.25, -0.2) is 13.1 Å². The quantitative estimate of drug-likeness (QED) is 0.731. The molecule has 1 aromatic heterocycles. The summed E-state index contributed by atoms with van der Waals surface area (Å²) in [5.74, 6) is 0. The Labute approximate surface area is 129 Å². The number of benzene rings is 1. The van der Waals surface area contributed by atoms with Crippen LogP contribution in [0.1, 0.15) is 5.56 Å². The van der Waals surface area contributed by atoms with E-state index in [4.69, 9.17) is 18.0 Å². The zero-order valence-corrected chi connectivity index (χ0v) is 12.9. The fraction of sp³-hybridized carbons (Fsp3) is 0.231. The van der Waals surface area contributed by atoms with Crippen molar-refractivity contribution in [2.45, 2.75) is 17.9 Å². The van der Waals surface area contributed by atoms with Crippen LogP contribution in [-0.4, -0.2) is 29.7 Å². The first kappa shape index (κ1) is 15.6. The third-order valence-electron chi connectivity index (χ3n) is 2.80. The van der Waals surface area contributed by atoms with Crippen LogP contribution in [0, 0.1) is 0 Å². The van der Waals surface area contributed by atoms with Gasteiger partial charge in [-0.3, -0.25) is 4.68 Å². The van der Waals surface area contributed by atoms with Crippen molar-refractivity contribution < 1.29 is 8.42 Å². The van der Waals surface area contributed by atoms with Gasteiger partial charge in [-0.05, 0) is 23.8 Å². The number of aromatic nitrogens is 2. The lowest BCUT2D eigenvalue weighted by Gasteiger charge is -2.08. The maximum absolute atomic E-state index is 12.1. The summed E-state index contributed by atoms with van der Waals surface area (Å²) in [6.07, 6.45) is 3.89. The van der Waals surface area contributed by atoms with Crippen LogP contribution in [0.25, 0.3) is 0 Å². The van der Waals surface area contributed by atoms with E-state index >= 15 is 0 Å². The highest BCUT2D eigenvalue weighted by Gasteiger charge is 2.13. The first-order valence-corrected chi connectivity index (χ1v) is 8.21. The van der Waals surface area contributed by atoms with Crippen molar-refractivity contribution in [3.63, 3.8) is 0 Å². The molecule has 3 N–H and O–H groups in total. The largest absolute Gasteiger partial charge is 0.393 e. The van der Waals surface area contributed by atoms with E-state index in [0.717, 1.165) is 5.56 Å². The molecule has 0 aliphatic carbocycles. The molecule has 2 rings (SSSR count). The Balaban J connectivity index is 1.96. The van der Waals surface area contributed by atoms with Crippen LogP contribution < -0.4 is 10.5 Å². The molecule has 112 valence electrons. The highest BCUT2D eigenvalue weighted by Crippen LogP contribution is 2.11. The second kappa shape index (κ2) is 6.79. The molecule has 6 nitrogen and oxygen atoms in total. The average molecular weight is 324 g/mol. The molecule has 0 atom stereocenters. The van der Waals surface area contributed by atoms with Crippen molar-refractivity contribution >= 4 is 27.2 Å². The summed E-state index contributed by atoms with van der Waals surface area (Å²) in [4.78, 5) is 0.595. The Hall–Kier alpha value is -1.77. The lowest BCUT2D eigenvalue weighted by Crippen LogP contribution is -2.27. The van der Waals surface area contributed by atoms with Gasteiger partial charge in [0.15, 0.2) is 0 Å². The van der Waals surface area contributed by atoms with E-state index in [1.165, 1.54) is 0 Å². The lowest BCUT2D eigenvalue weighted by molar-refractivity contribution is 0.561. The van der Waals surface area contributed by atoms with E-state index in [1.807, 2.05) is 0 Å². The fourth-order valence-electron chi connectivity index (χ4n) is 1.80. The number of sulfonamides is 1. The maximum atomic E-state index is 12.1. The van der Waals surface area contributed by atoms with Gasteiger partial charge in [0.25, 0.3) is 0 Å². The average Bonchev–Trinajstić information content (AvgIpc) is 2.91. The van der Waals surface area contributed by atoms with E-state index in [9.17, 15) is 8.42 Å². The molecule has 0 radical (unpaired) electrons. The number of hydrogen-bond donors (Lipinski definition) is 2. The molecule has 0 amide bonds. The highest BCUT2D eigenvalue weighted by molar-refractivity contribution is 7.89. The molecule has 0 bridgehead atoms. The van der Waals surface area contributed by atoms with E-state index in [1.54, 1.807) is 47.4 Å². The van der Waals surface area contributed by atoms with Gasteiger partial charge in [0, 0.05) is 25.4 Å². The second-order valence-electron chi connectivity index (χ2n) is 4.45. The van der Waals surface area contributed by atoms with E-state index in [-0.39, 0.29) is 11.4 Å². The summed E-state index contributed by atoms with van der Waals surface area (Å²) in [7, 11) is -3.51. The molecule has 2 aromatic rings. The molecular formula is C13H16N4O2S2. The van der Waals surface area contributed by atoms with Gasteiger partial charge in [0.1, 0.15) is 0 Å². The van der Waals surface area contributed by atoms with Crippen LogP contribution in [0.4, 0.5) is 0 Å². The Bertz CT molecular complexity index is 694. The molecular weight excluding hydrogens is 308 g/mol. The minimum Gasteiger partial charge on any atom is -0.393 e. The topological polar surface area (TPSA) is 90.0 Å².